The lowest BCUT2D eigenvalue weighted by Crippen LogP contribution is -2.00. The highest BCUT2D eigenvalue weighted by atomic mass is 15.0. The molecule has 0 bridgehead atoms. The van der Waals surface area contributed by atoms with Gasteiger partial charge in [0.15, 0.2) is 17.5 Å². The van der Waals surface area contributed by atoms with Crippen molar-refractivity contribution in [3.63, 3.8) is 0 Å². The van der Waals surface area contributed by atoms with E-state index in [0.29, 0.717) is 17.5 Å². The van der Waals surface area contributed by atoms with Crippen LogP contribution in [0.1, 0.15) is 0 Å². The molecule has 2 heterocycles. The van der Waals surface area contributed by atoms with Crippen molar-refractivity contribution >= 4 is 54.1 Å². The summed E-state index contributed by atoms with van der Waals surface area (Å²) >= 11 is 0. The minimum Gasteiger partial charge on any atom is -0.309 e. The average Bonchev–Trinajstić information content (AvgIpc) is 3.68. The zero-order valence-electron chi connectivity index (χ0n) is 33.1. The fourth-order valence-corrected chi connectivity index (χ4v) is 9.07. The molecule has 0 unspecified atom stereocenters. The maximum Gasteiger partial charge on any atom is 0.164 e. The summed E-state index contributed by atoms with van der Waals surface area (Å²) < 4.78 is 2.39. The molecule has 0 atom stereocenters. The van der Waals surface area contributed by atoms with E-state index in [4.69, 9.17) is 15.0 Å². The second-order valence-electron chi connectivity index (χ2n) is 15.6. The summed E-state index contributed by atoms with van der Waals surface area (Å²) in [6, 6.07) is 77.6. The van der Waals surface area contributed by atoms with E-state index < -0.39 is 0 Å². The topological polar surface area (TPSA) is 43.6 Å². The standard InChI is InChI=1S/C57H36N4/c1-3-13-37(14-4-1)39-23-27-41(28-24-39)55-58-56(42-29-25-40(26-30-42)38-15-5-2-6-16-38)60-57(59-55)43-31-33-51-50-21-11-12-22-53(50)61(54(51)35-43)44-32-34-49-47-19-8-7-17-45(47)46-18-9-10-20-48(46)52(49)36-44/h1-36H. The third-order valence-electron chi connectivity index (χ3n) is 12.1. The number of fused-ring (bicyclic) bond motifs is 9. The van der Waals surface area contributed by atoms with Crippen molar-refractivity contribution in [2.24, 2.45) is 0 Å². The molecule has 10 aromatic carbocycles. The van der Waals surface area contributed by atoms with Crippen LogP contribution in [0.3, 0.4) is 0 Å². The van der Waals surface area contributed by atoms with Crippen molar-refractivity contribution < 1.29 is 0 Å². The van der Waals surface area contributed by atoms with E-state index in [1.54, 1.807) is 0 Å². The van der Waals surface area contributed by atoms with Gasteiger partial charge in [0, 0.05) is 33.2 Å². The molecule has 12 rings (SSSR count). The van der Waals surface area contributed by atoms with E-state index in [2.05, 4.69) is 211 Å². The first-order valence-corrected chi connectivity index (χ1v) is 20.7. The zero-order chi connectivity index (χ0) is 40.3. The van der Waals surface area contributed by atoms with E-state index in [1.165, 1.54) is 54.2 Å². The van der Waals surface area contributed by atoms with E-state index in [9.17, 15) is 0 Å². The quantitative estimate of drug-likeness (QED) is 0.158. The predicted molar refractivity (Wildman–Crippen MR) is 254 cm³/mol. The summed E-state index contributed by atoms with van der Waals surface area (Å²) in [7, 11) is 0. The lowest BCUT2D eigenvalue weighted by atomic mass is 9.94. The lowest BCUT2D eigenvalue weighted by molar-refractivity contribution is 1.07. The molecule has 284 valence electrons. The minimum atomic E-state index is 0.619. The van der Waals surface area contributed by atoms with Crippen LogP contribution in [0.2, 0.25) is 0 Å². The summed E-state index contributed by atoms with van der Waals surface area (Å²) in [5.74, 6) is 1.87. The smallest absolute Gasteiger partial charge is 0.164 e. The Morgan fingerprint density at radius 2 is 0.590 bits per heavy atom. The van der Waals surface area contributed by atoms with Gasteiger partial charge in [-0.2, -0.15) is 0 Å². The molecule has 0 aliphatic carbocycles. The van der Waals surface area contributed by atoms with Gasteiger partial charge in [-0.3, -0.25) is 0 Å². The van der Waals surface area contributed by atoms with Crippen LogP contribution in [-0.4, -0.2) is 19.5 Å². The normalized spacial score (nSPS) is 11.6. The molecule has 0 spiro atoms. The van der Waals surface area contributed by atoms with Gasteiger partial charge in [0.25, 0.3) is 0 Å². The van der Waals surface area contributed by atoms with E-state index in [-0.39, 0.29) is 0 Å². The Labute approximate surface area is 352 Å². The fourth-order valence-electron chi connectivity index (χ4n) is 9.07. The van der Waals surface area contributed by atoms with Crippen LogP contribution in [0, 0.1) is 0 Å². The number of para-hydroxylation sites is 1. The minimum absolute atomic E-state index is 0.619. The van der Waals surface area contributed by atoms with Gasteiger partial charge in [0.2, 0.25) is 0 Å². The summed E-state index contributed by atoms with van der Waals surface area (Å²) in [5, 5.41) is 9.90. The van der Waals surface area contributed by atoms with E-state index >= 15 is 0 Å². The Morgan fingerprint density at radius 3 is 1.13 bits per heavy atom. The molecule has 0 fully saturated rings. The Bertz CT molecular complexity index is 3470. The largest absolute Gasteiger partial charge is 0.309 e. The Kier molecular flexibility index (Phi) is 8.13. The van der Waals surface area contributed by atoms with Crippen molar-refractivity contribution in [1.82, 2.24) is 19.5 Å². The van der Waals surface area contributed by atoms with Gasteiger partial charge in [-0.15, -0.1) is 0 Å². The van der Waals surface area contributed by atoms with E-state index in [1.807, 2.05) is 12.1 Å². The second kappa shape index (κ2) is 14.3. The van der Waals surface area contributed by atoms with Crippen molar-refractivity contribution in [3.8, 4) is 62.1 Å². The number of rotatable bonds is 6. The van der Waals surface area contributed by atoms with Crippen LogP contribution in [0.25, 0.3) is 116 Å². The highest BCUT2D eigenvalue weighted by molar-refractivity contribution is 6.25. The van der Waals surface area contributed by atoms with Gasteiger partial charge in [-0.05, 0) is 78.8 Å². The Hall–Kier alpha value is -8.21. The lowest BCUT2D eigenvalue weighted by Gasteiger charge is -2.14. The Morgan fingerprint density at radius 1 is 0.230 bits per heavy atom. The first kappa shape index (κ1) is 34.8. The molecule has 0 N–H and O–H groups in total. The van der Waals surface area contributed by atoms with Crippen molar-refractivity contribution in [2.45, 2.75) is 0 Å². The van der Waals surface area contributed by atoms with Gasteiger partial charge < -0.3 is 4.57 Å². The molecule has 0 aliphatic rings. The number of nitrogens with zero attached hydrogens (tertiary/aromatic N) is 4. The van der Waals surface area contributed by atoms with Gasteiger partial charge in [0.05, 0.1) is 11.0 Å². The molecular formula is C57H36N4. The van der Waals surface area contributed by atoms with Gasteiger partial charge in [-0.25, -0.2) is 15.0 Å². The van der Waals surface area contributed by atoms with Crippen molar-refractivity contribution in [1.29, 1.82) is 0 Å². The first-order chi connectivity index (χ1) is 30.2. The third kappa shape index (κ3) is 5.96. The van der Waals surface area contributed by atoms with Crippen LogP contribution in [0.15, 0.2) is 218 Å². The summed E-state index contributed by atoms with van der Waals surface area (Å²) in [4.78, 5) is 15.5. The van der Waals surface area contributed by atoms with Crippen LogP contribution < -0.4 is 0 Å². The predicted octanol–water partition coefficient (Wildman–Crippen LogP) is 14.8. The maximum atomic E-state index is 5.20. The van der Waals surface area contributed by atoms with Gasteiger partial charge in [0.1, 0.15) is 0 Å². The third-order valence-corrected chi connectivity index (χ3v) is 12.1. The molecule has 0 saturated carbocycles. The number of hydrogen-bond donors (Lipinski definition) is 0. The Balaban J connectivity index is 1.04. The fraction of sp³-hybridized carbons (Fsp3) is 0. The van der Waals surface area contributed by atoms with Crippen molar-refractivity contribution in [2.75, 3.05) is 0 Å². The summed E-state index contributed by atoms with van der Waals surface area (Å²) in [6.07, 6.45) is 0. The number of benzene rings is 10. The van der Waals surface area contributed by atoms with Crippen LogP contribution in [-0.2, 0) is 0 Å². The number of aromatic nitrogens is 4. The average molecular weight is 777 g/mol. The van der Waals surface area contributed by atoms with Crippen LogP contribution in [0.4, 0.5) is 0 Å². The monoisotopic (exact) mass is 776 g/mol. The highest BCUT2D eigenvalue weighted by Crippen LogP contribution is 2.39. The summed E-state index contributed by atoms with van der Waals surface area (Å²) in [5.41, 5.74) is 10.7. The molecule has 61 heavy (non-hydrogen) atoms. The number of hydrogen-bond acceptors (Lipinski definition) is 3. The first-order valence-electron chi connectivity index (χ1n) is 20.7. The SMILES string of the molecule is c1ccc(-c2ccc(-c3nc(-c4ccc(-c5ccccc5)cc4)nc(-c4ccc5c6ccccc6n(-c6ccc7c8ccccc8c8ccccc8c7c6)c5c4)n3)cc2)cc1. The molecule has 0 amide bonds. The molecule has 0 saturated heterocycles. The van der Waals surface area contributed by atoms with Crippen LogP contribution >= 0.6 is 0 Å². The second-order valence-corrected chi connectivity index (χ2v) is 15.6. The van der Waals surface area contributed by atoms with E-state index in [0.717, 1.165) is 44.5 Å². The van der Waals surface area contributed by atoms with Crippen LogP contribution in [0.5, 0.6) is 0 Å². The molecule has 12 aromatic rings. The summed E-state index contributed by atoms with van der Waals surface area (Å²) in [6.45, 7) is 0. The molecule has 0 aliphatic heterocycles. The van der Waals surface area contributed by atoms with Crippen molar-refractivity contribution in [3.05, 3.63) is 218 Å². The van der Waals surface area contributed by atoms with Gasteiger partial charge in [-0.1, -0.05) is 194 Å². The van der Waals surface area contributed by atoms with Gasteiger partial charge >= 0.3 is 0 Å². The molecule has 4 heteroatoms. The zero-order valence-corrected chi connectivity index (χ0v) is 33.1. The maximum absolute atomic E-state index is 5.20. The molecular weight excluding hydrogens is 741 g/mol. The molecule has 2 aromatic heterocycles. The molecule has 0 radical (unpaired) electrons. The molecule has 4 nitrogen and oxygen atoms in total. The highest BCUT2D eigenvalue weighted by Gasteiger charge is 2.18.